The lowest BCUT2D eigenvalue weighted by molar-refractivity contribution is 0.0924. The SMILES string of the molecule is Cc1ccoc1C(=O)NCCCc1ncn[nH]1. The first kappa shape index (κ1) is 11.4. The Labute approximate surface area is 98.4 Å². The maximum Gasteiger partial charge on any atom is 0.287 e. The van der Waals surface area contributed by atoms with E-state index in [4.69, 9.17) is 4.42 Å². The van der Waals surface area contributed by atoms with Gasteiger partial charge in [0.15, 0.2) is 5.76 Å². The zero-order valence-corrected chi connectivity index (χ0v) is 9.56. The van der Waals surface area contributed by atoms with Crippen molar-refractivity contribution < 1.29 is 9.21 Å². The Morgan fingerprint density at radius 3 is 3.12 bits per heavy atom. The highest BCUT2D eigenvalue weighted by Gasteiger charge is 2.11. The Morgan fingerprint density at radius 2 is 2.47 bits per heavy atom. The smallest absolute Gasteiger partial charge is 0.287 e. The number of carbonyl (C=O) groups excluding carboxylic acids is 1. The summed E-state index contributed by atoms with van der Waals surface area (Å²) in [6.07, 6.45) is 4.55. The van der Waals surface area contributed by atoms with Gasteiger partial charge in [0.25, 0.3) is 5.91 Å². The maximum atomic E-state index is 11.6. The molecule has 2 N–H and O–H groups in total. The largest absolute Gasteiger partial charge is 0.459 e. The normalized spacial score (nSPS) is 10.4. The lowest BCUT2D eigenvalue weighted by atomic mass is 10.2. The number of hydrogen-bond donors (Lipinski definition) is 2. The van der Waals surface area contributed by atoms with Gasteiger partial charge in [0.2, 0.25) is 0 Å². The van der Waals surface area contributed by atoms with Crippen molar-refractivity contribution in [2.75, 3.05) is 6.54 Å². The van der Waals surface area contributed by atoms with Gasteiger partial charge >= 0.3 is 0 Å². The van der Waals surface area contributed by atoms with Crippen molar-refractivity contribution in [2.24, 2.45) is 0 Å². The van der Waals surface area contributed by atoms with Gasteiger partial charge in [-0.1, -0.05) is 0 Å². The van der Waals surface area contributed by atoms with E-state index in [0.29, 0.717) is 12.3 Å². The summed E-state index contributed by atoms with van der Waals surface area (Å²) < 4.78 is 5.09. The number of hydrogen-bond acceptors (Lipinski definition) is 4. The van der Waals surface area contributed by atoms with E-state index in [1.165, 1.54) is 12.6 Å². The maximum absolute atomic E-state index is 11.6. The van der Waals surface area contributed by atoms with Crippen molar-refractivity contribution in [1.82, 2.24) is 20.5 Å². The Hall–Kier alpha value is -2.11. The van der Waals surface area contributed by atoms with Crippen LogP contribution in [0.3, 0.4) is 0 Å². The highest BCUT2D eigenvalue weighted by molar-refractivity contribution is 5.92. The first-order valence-corrected chi connectivity index (χ1v) is 5.44. The third-order valence-electron chi connectivity index (χ3n) is 2.41. The molecule has 0 spiro atoms. The Morgan fingerprint density at radius 1 is 1.59 bits per heavy atom. The third kappa shape index (κ3) is 2.93. The van der Waals surface area contributed by atoms with E-state index >= 15 is 0 Å². The molecular formula is C11H14N4O2. The Kier molecular flexibility index (Phi) is 3.54. The quantitative estimate of drug-likeness (QED) is 0.758. The summed E-state index contributed by atoms with van der Waals surface area (Å²) in [6, 6.07) is 1.77. The number of H-pyrrole nitrogens is 1. The van der Waals surface area contributed by atoms with Crippen LogP contribution < -0.4 is 5.32 Å². The predicted octanol–water partition coefficient (Wildman–Crippen LogP) is 1.07. The first-order chi connectivity index (χ1) is 8.27. The van der Waals surface area contributed by atoms with E-state index in [-0.39, 0.29) is 5.91 Å². The number of aryl methyl sites for hydroxylation is 2. The minimum atomic E-state index is -0.176. The molecule has 6 heteroatoms. The highest BCUT2D eigenvalue weighted by atomic mass is 16.3. The molecule has 17 heavy (non-hydrogen) atoms. The number of aromatic nitrogens is 3. The molecule has 2 rings (SSSR count). The van der Waals surface area contributed by atoms with Crippen molar-refractivity contribution in [3.05, 3.63) is 35.8 Å². The minimum Gasteiger partial charge on any atom is -0.459 e. The van der Waals surface area contributed by atoms with E-state index in [2.05, 4.69) is 20.5 Å². The first-order valence-electron chi connectivity index (χ1n) is 5.44. The van der Waals surface area contributed by atoms with Crippen molar-refractivity contribution in [3.63, 3.8) is 0 Å². The summed E-state index contributed by atoms with van der Waals surface area (Å²) in [5, 5.41) is 9.31. The molecule has 90 valence electrons. The number of nitrogens with zero attached hydrogens (tertiary/aromatic N) is 2. The number of nitrogens with one attached hydrogen (secondary N) is 2. The molecule has 0 bridgehead atoms. The molecule has 2 aromatic rings. The van der Waals surface area contributed by atoms with Crippen LogP contribution in [0.5, 0.6) is 0 Å². The van der Waals surface area contributed by atoms with E-state index in [0.717, 1.165) is 24.2 Å². The lowest BCUT2D eigenvalue weighted by Crippen LogP contribution is -2.25. The standard InChI is InChI=1S/C11H14N4O2/c1-8-4-6-17-10(8)11(16)12-5-2-3-9-13-7-14-15-9/h4,6-7H,2-3,5H2,1H3,(H,12,16)(H,13,14,15). The van der Waals surface area contributed by atoms with Gasteiger partial charge < -0.3 is 9.73 Å². The van der Waals surface area contributed by atoms with Crippen LogP contribution in [0, 0.1) is 6.92 Å². The van der Waals surface area contributed by atoms with Gasteiger partial charge in [0.1, 0.15) is 12.2 Å². The molecule has 0 fully saturated rings. The number of carbonyl (C=O) groups is 1. The zero-order chi connectivity index (χ0) is 12.1. The molecule has 0 radical (unpaired) electrons. The molecule has 6 nitrogen and oxygen atoms in total. The van der Waals surface area contributed by atoms with Crippen LogP contribution in [0.1, 0.15) is 28.4 Å². The molecule has 0 saturated heterocycles. The van der Waals surface area contributed by atoms with Crippen LogP contribution in [0.25, 0.3) is 0 Å². The van der Waals surface area contributed by atoms with Gasteiger partial charge in [-0.15, -0.1) is 0 Å². The third-order valence-corrected chi connectivity index (χ3v) is 2.41. The second-order valence-corrected chi connectivity index (χ2v) is 3.72. The van der Waals surface area contributed by atoms with Crippen LogP contribution in [-0.2, 0) is 6.42 Å². The molecule has 0 aliphatic rings. The summed E-state index contributed by atoms with van der Waals surface area (Å²) in [7, 11) is 0. The summed E-state index contributed by atoms with van der Waals surface area (Å²) in [5.74, 6) is 1.03. The fraction of sp³-hybridized carbons (Fsp3) is 0.364. The molecule has 2 aromatic heterocycles. The molecule has 0 atom stereocenters. The molecule has 1 amide bonds. The highest BCUT2D eigenvalue weighted by Crippen LogP contribution is 2.07. The number of furan rings is 1. The van der Waals surface area contributed by atoms with Crippen LogP contribution in [0.15, 0.2) is 23.1 Å². The summed E-state index contributed by atoms with van der Waals surface area (Å²) in [4.78, 5) is 15.6. The molecule has 0 unspecified atom stereocenters. The Balaban J connectivity index is 1.72. The van der Waals surface area contributed by atoms with Crippen LogP contribution in [0.4, 0.5) is 0 Å². The topological polar surface area (TPSA) is 83.8 Å². The van der Waals surface area contributed by atoms with Gasteiger partial charge in [-0.2, -0.15) is 5.10 Å². The number of aromatic amines is 1. The van der Waals surface area contributed by atoms with Gasteiger partial charge in [0, 0.05) is 18.5 Å². The molecule has 0 aromatic carbocycles. The molecule has 2 heterocycles. The fourth-order valence-corrected chi connectivity index (χ4v) is 1.49. The van der Waals surface area contributed by atoms with Gasteiger partial charge in [-0.3, -0.25) is 9.89 Å². The van der Waals surface area contributed by atoms with Crippen molar-refractivity contribution in [1.29, 1.82) is 0 Å². The van der Waals surface area contributed by atoms with Crippen LogP contribution in [0.2, 0.25) is 0 Å². The molecule has 0 aliphatic carbocycles. The van der Waals surface area contributed by atoms with E-state index < -0.39 is 0 Å². The predicted molar refractivity (Wildman–Crippen MR) is 60.5 cm³/mol. The van der Waals surface area contributed by atoms with Crippen molar-refractivity contribution in [3.8, 4) is 0 Å². The lowest BCUT2D eigenvalue weighted by Gasteiger charge is -2.02. The molecular weight excluding hydrogens is 220 g/mol. The van der Waals surface area contributed by atoms with Crippen molar-refractivity contribution >= 4 is 5.91 Å². The average molecular weight is 234 g/mol. The van der Waals surface area contributed by atoms with E-state index in [9.17, 15) is 4.79 Å². The number of rotatable bonds is 5. The fourth-order valence-electron chi connectivity index (χ4n) is 1.49. The summed E-state index contributed by atoms with van der Waals surface area (Å²) >= 11 is 0. The van der Waals surface area contributed by atoms with E-state index in [1.54, 1.807) is 6.07 Å². The van der Waals surface area contributed by atoms with Crippen LogP contribution in [-0.4, -0.2) is 27.6 Å². The van der Waals surface area contributed by atoms with Gasteiger partial charge in [-0.25, -0.2) is 4.98 Å². The van der Waals surface area contributed by atoms with Gasteiger partial charge in [0.05, 0.1) is 6.26 Å². The minimum absolute atomic E-state index is 0.176. The van der Waals surface area contributed by atoms with Crippen LogP contribution >= 0.6 is 0 Å². The molecule has 0 aliphatic heterocycles. The second kappa shape index (κ2) is 5.29. The summed E-state index contributed by atoms with van der Waals surface area (Å²) in [5.41, 5.74) is 0.845. The average Bonchev–Trinajstić information content (AvgIpc) is 2.95. The Bertz CT molecular complexity index is 475. The second-order valence-electron chi connectivity index (χ2n) is 3.72. The number of amides is 1. The van der Waals surface area contributed by atoms with E-state index in [1.807, 2.05) is 6.92 Å². The summed E-state index contributed by atoms with van der Waals surface area (Å²) in [6.45, 7) is 2.42. The van der Waals surface area contributed by atoms with Crippen molar-refractivity contribution in [2.45, 2.75) is 19.8 Å². The monoisotopic (exact) mass is 234 g/mol. The zero-order valence-electron chi connectivity index (χ0n) is 9.56. The molecule has 0 saturated carbocycles. The van der Waals surface area contributed by atoms with Gasteiger partial charge in [-0.05, 0) is 19.4 Å².